The van der Waals surface area contributed by atoms with Gasteiger partial charge in [0.25, 0.3) is 0 Å². The molecule has 1 aliphatic heterocycles. The molecular weight excluding hydrogens is 481 g/mol. The number of anilines is 1. The van der Waals surface area contributed by atoms with Crippen LogP contribution in [0.25, 0.3) is 12.2 Å². The molecule has 1 saturated heterocycles. The molecule has 1 aromatic heterocycles. The first kappa shape index (κ1) is 24.1. The molecule has 1 amide bonds. The summed E-state index contributed by atoms with van der Waals surface area (Å²) in [6.45, 7) is 1.88. The molecule has 0 aliphatic carbocycles. The first-order chi connectivity index (χ1) is 16.3. The number of halogens is 2. The molecule has 178 valence electrons. The molecule has 0 unspecified atom stereocenters. The Morgan fingerprint density at radius 2 is 1.82 bits per heavy atom. The highest BCUT2D eigenvalue weighted by atomic mass is 35.5. The zero-order valence-electron chi connectivity index (χ0n) is 18.4. The summed E-state index contributed by atoms with van der Waals surface area (Å²) < 4.78 is 47.2. The lowest BCUT2D eigenvalue weighted by Gasteiger charge is -2.30. The number of sulfonamides is 1. The van der Waals surface area contributed by atoms with Gasteiger partial charge in [0.05, 0.1) is 10.7 Å². The van der Waals surface area contributed by atoms with Gasteiger partial charge >= 0.3 is 0 Å². The van der Waals surface area contributed by atoms with Crippen molar-refractivity contribution in [3.05, 3.63) is 76.4 Å². The SMILES string of the molecule is Cc1noc(C=Cc2ccccc2F)c1S(=O)(=O)N1CCC(C(=O)Nc2ccccc2Cl)CC1. The quantitative estimate of drug-likeness (QED) is 0.512. The van der Waals surface area contributed by atoms with Gasteiger partial charge in [0.2, 0.25) is 15.9 Å². The maximum atomic E-state index is 13.9. The lowest BCUT2D eigenvalue weighted by Crippen LogP contribution is -2.41. The normalized spacial score (nSPS) is 15.6. The maximum Gasteiger partial charge on any atom is 0.248 e. The molecule has 0 spiro atoms. The van der Waals surface area contributed by atoms with Gasteiger partial charge in [-0.1, -0.05) is 47.1 Å². The predicted octanol–water partition coefficient (Wildman–Crippen LogP) is 4.99. The van der Waals surface area contributed by atoms with Crippen LogP contribution in [0.15, 0.2) is 57.9 Å². The van der Waals surface area contributed by atoms with Crippen LogP contribution >= 0.6 is 11.6 Å². The first-order valence-corrected chi connectivity index (χ1v) is 12.5. The van der Waals surface area contributed by atoms with Crippen molar-refractivity contribution in [3.8, 4) is 0 Å². The summed E-state index contributed by atoms with van der Waals surface area (Å²) in [5.74, 6) is -0.942. The van der Waals surface area contributed by atoms with E-state index in [2.05, 4.69) is 10.5 Å². The van der Waals surface area contributed by atoms with Gasteiger partial charge in [-0.05, 0) is 50.1 Å². The topological polar surface area (TPSA) is 92.5 Å². The van der Waals surface area contributed by atoms with E-state index in [0.29, 0.717) is 29.1 Å². The summed E-state index contributed by atoms with van der Waals surface area (Å²) in [7, 11) is -3.93. The minimum atomic E-state index is -3.93. The minimum Gasteiger partial charge on any atom is -0.355 e. The van der Waals surface area contributed by atoms with E-state index in [1.807, 2.05) is 0 Å². The molecule has 0 radical (unpaired) electrons. The Balaban J connectivity index is 1.47. The number of rotatable bonds is 6. The van der Waals surface area contributed by atoms with Gasteiger partial charge in [0.1, 0.15) is 11.5 Å². The summed E-state index contributed by atoms with van der Waals surface area (Å²) in [6, 6.07) is 13.1. The largest absolute Gasteiger partial charge is 0.355 e. The third-order valence-corrected chi connectivity index (χ3v) is 8.09. The molecule has 7 nitrogen and oxygen atoms in total. The lowest BCUT2D eigenvalue weighted by molar-refractivity contribution is -0.120. The number of hydrogen-bond donors (Lipinski definition) is 1. The summed E-state index contributed by atoms with van der Waals surface area (Å²) >= 11 is 6.11. The van der Waals surface area contributed by atoms with Crippen molar-refractivity contribution in [2.45, 2.75) is 24.7 Å². The van der Waals surface area contributed by atoms with Crippen molar-refractivity contribution in [2.75, 3.05) is 18.4 Å². The van der Waals surface area contributed by atoms with Gasteiger partial charge in [-0.25, -0.2) is 12.8 Å². The summed E-state index contributed by atoms with van der Waals surface area (Å²) in [5, 5.41) is 7.06. The molecular formula is C24H23ClFN3O4S. The van der Waals surface area contributed by atoms with E-state index in [1.54, 1.807) is 49.4 Å². The molecule has 2 heterocycles. The standard InChI is InChI=1S/C24H23ClFN3O4S/c1-16-23(22(33-28-16)11-10-17-6-2-4-8-20(17)26)34(31,32)29-14-12-18(13-15-29)24(30)27-21-9-5-3-7-19(21)25/h2-11,18H,12-15H2,1H3,(H,27,30). The Hall–Kier alpha value is -3.01. The number of benzene rings is 2. The van der Waals surface area contributed by atoms with Gasteiger partial charge in [-0.2, -0.15) is 4.31 Å². The number of carbonyl (C=O) groups excluding carboxylic acids is 1. The summed E-state index contributed by atoms with van der Waals surface area (Å²) in [4.78, 5) is 12.6. The second-order valence-electron chi connectivity index (χ2n) is 7.96. The third kappa shape index (κ3) is 5.06. The Labute approximate surface area is 202 Å². The van der Waals surface area contributed by atoms with Crippen LogP contribution in [-0.4, -0.2) is 36.9 Å². The fourth-order valence-corrected chi connectivity index (χ4v) is 5.76. The second kappa shape index (κ2) is 10.1. The van der Waals surface area contributed by atoms with Gasteiger partial charge < -0.3 is 9.84 Å². The van der Waals surface area contributed by atoms with E-state index in [9.17, 15) is 17.6 Å². The van der Waals surface area contributed by atoms with Crippen LogP contribution in [0.1, 0.15) is 29.9 Å². The molecule has 2 aromatic carbocycles. The lowest BCUT2D eigenvalue weighted by atomic mass is 9.97. The Morgan fingerprint density at radius 3 is 2.53 bits per heavy atom. The van der Waals surface area contributed by atoms with Gasteiger partial charge in [-0.3, -0.25) is 4.79 Å². The van der Waals surface area contributed by atoms with Crippen LogP contribution in [0, 0.1) is 18.7 Å². The van der Waals surface area contributed by atoms with E-state index in [4.69, 9.17) is 16.1 Å². The maximum absolute atomic E-state index is 13.9. The first-order valence-electron chi connectivity index (χ1n) is 10.7. The Kier molecular flexibility index (Phi) is 7.16. The highest BCUT2D eigenvalue weighted by molar-refractivity contribution is 7.89. The van der Waals surface area contributed by atoms with Crippen LogP contribution in [0.2, 0.25) is 5.02 Å². The summed E-state index contributed by atoms with van der Waals surface area (Å²) in [6.07, 6.45) is 3.56. The number of para-hydroxylation sites is 1. The molecule has 1 fully saturated rings. The fraction of sp³-hybridized carbons (Fsp3) is 0.250. The van der Waals surface area contributed by atoms with Crippen molar-refractivity contribution in [1.82, 2.24) is 9.46 Å². The molecule has 0 atom stereocenters. The molecule has 34 heavy (non-hydrogen) atoms. The van der Waals surface area contributed by atoms with Crippen LogP contribution < -0.4 is 5.32 Å². The van der Waals surface area contributed by atoms with E-state index in [-0.39, 0.29) is 41.3 Å². The molecule has 10 heteroatoms. The second-order valence-corrected chi connectivity index (χ2v) is 10.2. The van der Waals surface area contributed by atoms with Gasteiger partial charge in [0, 0.05) is 24.6 Å². The number of aryl methyl sites for hydroxylation is 1. The average Bonchev–Trinajstić information content (AvgIpc) is 3.21. The summed E-state index contributed by atoms with van der Waals surface area (Å²) in [5.41, 5.74) is 1.03. The van der Waals surface area contributed by atoms with Gasteiger partial charge in [-0.15, -0.1) is 0 Å². The smallest absolute Gasteiger partial charge is 0.248 e. The van der Waals surface area contributed by atoms with Crippen molar-refractivity contribution in [3.63, 3.8) is 0 Å². The van der Waals surface area contributed by atoms with E-state index >= 15 is 0 Å². The predicted molar refractivity (Wildman–Crippen MR) is 128 cm³/mol. The molecule has 4 rings (SSSR count). The average molecular weight is 504 g/mol. The van der Waals surface area contributed by atoms with Crippen LogP contribution in [0.4, 0.5) is 10.1 Å². The number of hydrogen-bond acceptors (Lipinski definition) is 5. The van der Waals surface area contributed by atoms with Crippen molar-refractivity contribution >= 4 is 45.4 Å². The highest BCUT2D eigenvalue weighted by Crippen LogP contribution is 2.30. The zero-order valence-corrected chi connectivity index (χ0v) is 19.9. The zero-order chi connectivity index (χ0) is 24.3. The Bertz CT molecular complexity index is 1330. The van der Waals surface area contributed by atoms with E-state index < -0.39 is 15.8 Å². The number of carbonyl (C=O) groups is 1. The van der Waals surface area contributed by atoms with E-state index in [0.717, 1.165) is 0 Å². The van der Waals surface area contributed by atoms with Crippen molar-refractivity contribution < 1.29 is 22.1 Å². The van der Waals surface area contributed by atoms with Crippen LogP contribution in [0.5, 0.6) is 0 Å². The van der Waals surface area contributed by atoms with Gasteiger partial charge in [0.15, 0.2) is 10.7 Å². The number of nitrogens with one attached hydrogen (secondary N) is 1. The van der Waals surface area contributed by atoms with E-state index in [1.165, 1.54) is 22.5 Å². The third-order valence-electron chi connectivity index (χ3n) is 5.71. The Morgan fingerprint density at radius 1 is 1.15 bits per heavy atom. The molecule has 0 bridgehead atoms. The number of nitrogens with zero attached hydrogens (tertiary/aromatic N) is 2. The molecule has 1 aliphatic rings. The van der Waals surface area contributed by atoms with Crippen LogP contribution in [-0.2, 0) is 14.8 Å². The monoisotopic (exact) mass is 503 g/mol. The molecule has 0 saturated carbocycles. The van der Waals surface area contributed by atoms with Crippen molar-refractivity contribution in [1.29, 1.82) is 0 Å². The number of aromatic nitrogens is 1. The van der Waals surface area contributed by atoms with Crippen molar-refractivity contribution in [2.24, 2.45) is 5.92 Å². The highest BCUT2D eigenvalue weighted by Gasteiger charge is 2.36. The number of piperidine rings is 1. The van der Waals surface area contributed by atoms with Crippen LogP contribution in [0.3, 0.4) is 0 Å². The minimum absolute atomic E-state index is 0.0272. The molecule has 1 N–H and O–H groups in total. The fourth-order valence-electron chi connectivity index (χ4n) is 3.86. The molecule has 3 aromatic rings. The number of amides is 1.